The lowest BCUT2D eigenvalue weighted by molar-refractivity contribution is -0.115. The summed E-state index contributed by atoms with van der Waals surface area (Å²) in [5, 5.41) is 3.70. The largest absolute Gasteiger partial charge is 0.342 e. The number of benzene rings is 2. The van der Waals surface area contributed by atoms with Crippen molar-refractivity contribution in [1.29, 1.82) is 0 Å². The summed E-state index contributed by atoms with van der Waals surface area (Å²) in [6.45, 7) is 0.694. The third-order valence-electron chi connectivity index (χ3n) is 4.01. The van der Waals surface area contributed by atoms with Gasteiger partial charge in [0.15, 0.2) is 0 Å². The van der Waals surface area contributed by atoms with E-state index in [0.717, 1.165) is 33.8 Å². The van der Waals surface area contributed by atoms with Gasteiger partial charge in [0.2, 0.25) is 0 Å². The van der Waals surface area contributed by atoms with Gasteiger partial charge in [-0.15, -0.1) is 0 Å². The van der Waals surface area contributed by atoms with Crippen molar-refractivity contribution in [3.05, 3.63) is 75.8 Å². The normalized spacial score (nSPS) is 16.0. The molecule has 2 aromatic carbocycles. The number of halogens is 1. The van der Waals surface area contributed by atoms with E-state index in [9.17, 15) is 9.59 Å². The molecule has 6 heteroatoms. The van der Waals surface area contributed by atoms with E-state index in [1.54, 1.807) is 6.08 Å². The van der Waals surface area contributed by atoms with Crippen LogP contribution in [0.2, 0.25) is 5.02 Å². The van der Waals surface area contributed by atoms with Crippen molar-refractivity contribution in [2.45, 2.75) is 6.54 Å². The van der Waals surface area contributed by atoms with Crippen LogP contribution in [-0.4, -0.2) is 15.7 Å². The van der Waals surface area contributed by atoms with E-state index >= 15 is 0 Å². The van der Waals surface area contributed by atoms with Gasteiger partial charge in [-0.1, -0.05) is 41.9 Å². The summed E-state index contributed by atoms with van der Waals surface area (Å²) in [6.07, 6.45) is 3.77. The number of amides is 2. The molecule has 0 spiro atoms. The molecule has 0 bridgehead atoms. The number of carbonyl (C=O) groups is 2. The molecule has 0 radical (unpaired) electrons. The molecule has 0 unspecified atom stereocenters. The van der Waals surface area contributed by atoms with Gasteiger partial charge in [-0.3, -0.25) is 14.9 Å². The number of imide groups is 1. The SMILES string of the molecule is O=C1NC(=O)C(=Cc2cn(Cc3ccc(Cl)cc3)c3ccccc23)S1. The van der Waals surface area contributed by atoms with E-state index in [0.29, 0.717) is 16.5 Å². The average Bonchev–Trinajstić information content (AvgIpc) is 3.10. The van der Waals surface area contributed by atoms with Crippen LogP contribution in [0.25, 0.3) is 17.0 Å². The highest BCUT2D eigenvalue weighted by atomic mass is 35.5. The van der Waals surface area contributed by atoms with E-state index in [-0.39, 0.29) is 11.1 Å². The van der Waals surface area contributed by atoms with E-state index in [4.69, 9.17) is 11.6 Å². The number of carbonyl (C=O) groups excluding carboxylic acids is 2. The highest BCUT2D eigenvalue weighted by molar-refractivity contribution is 8.18. The number of hydrogen-bond donors (Lipinski definition) is 1. The number of para-hydroxylation sites is 1. The molecule has 2 amide bonds. The second kappa shape index (κ2) is 6.43. The fraction of sp³-hybridized carbons (Fsp3) is 0.0526. The molecule has 2 heterocycles. The standard InChI is InChI=1S/C19H13ClN2O2S/c20-14-7-5-12(6-8-14)10-22-11-13(15-3-1-2-4-16(15)22)9-17-18(23)21-19(24)25-17/h1-9,11H,10H2,(H,21,23,24). The quantitative estimate of drug-likeness (QED) is 0.683. The summed E-state index contributed by atoms with van der Waals surface area (Å²) in [5.74, 6) is -0.343. The van der Waals surface area contributed by atoms with Crippen LogP contribution in [0.4, 0.5) is 4.79 Å². The first-order chi connectivity index (χ1) is 12.1. The van der Waals surface area contributed by atoms with Crippen LogP contribution < -0.4 is 5.32 Å². The fourth-order valence-corrected chi connectivity index (χ4v) is 3.67. The van der Waals surface area contributed by atoms with Crippen LogP contribution in [0.15, 0.2) is 59.6 Å². The second-order valence-electron chi connectivity index (χ2n) is 5.71. The van der Waals surface area contributed by atoms with Crippen molar-refractivity contribution in [1.82, 2.24) is 9.88 Å². The highest BCUT2D eigenvalue weighted by Gasteiger charge is 2.25. The van der Waals surface area contributed by atoms with Gasteiger partial charge in [0.1, 0.15) is 0 Å². The highest BCUT2D eigenvalue weighted by Crippen LogP contribution is 2.30. The van der Waals surface area contributed by atoms with Gasteiger partial charge in [0.05, 0.1) is 4.91 Å². The number of fused-ring (bicyclic) bond motifs is 1. The van der Waals surface area contributed by atoms with E-state index in [1.165, 1.54) is 0 Å². The molecule has 1 saturated heterocycles. The minimum absolute atomic E-state index is 0.332. The van der Waals surface area contributed by atoms with Crippen molar-refractivity contribution in [2.75, 3.05) is 0 Å². The first kappa shape index (κ1) is 16.0. The summed E-state index contributed by atoms with van der Waals surface area (Å²) in [7, 11) is 0. The van der Waals surface area contributed by atoms with Crippen LogP contribution in [0.3, 0.4) is 0 Å². The Morgan fingerprint density at radius 1 is 1.08 bits per heavy atom. The van der Waals surface area contributed by atoms with Gasteiger partial charge < -0.3 is 4.57 Å². The number of thioether (sulfide) groups is 1. The van der Waals surface area contributed by atoms with Crippen LogP contribution >= 0.6 is 23.4 Å². The van der Waals surface area contributed by atoms with Gasteiger partial charge in [-0.25, -0.2) is 0 Å². The fourth-order valence-electron chi connectivity index (χ4n) is 2.87. The lowest BCUT2D eigenvalue weighted by atomic mass is 10.1. The second-order valence-corrected chi connectivity index (χ2v) is 7.16. The topological polar surface area (TPSA) is 51.1 Å². The molecule has 1 aliphatic heterocycles. The Labute approximate surface area is 153 Å². The molecular formula is C19H13ClN2O2S. The predicted molar refractivity (Wildman–Crippen MR) is 102 cm³/mol. The maximum atomic E-state index is 11.8. The molecule has 124 valence electrons. The van der Waals surface area contributed by atoms with E-state index < -0.39 is 0 Å². The van der Waals surface area contributed by atoms with Crippen molar-refractivity contribution >= 4 is 51.5 Å². The van der Waals surface area contributed by atoms with Crippen LogP contribution in [0, 0.1) is 0 Å². The Kier molecular flexibility index (Phi) is 4.11. The molecule has 4 rings (SSSR count). The van der Waals surface area contributed by atoms with Crippen LogP contribution in [0.5, 0.6) is 0 Å². The van der Waals surface area contributed by atoms with Gasteiger partial charge in [0.25, 0.3) is 11.1 Å². The molecule has 25 heavy (non-hydrogen) atoms. The zero-order valence-corrected chi connectivity index (χ0v) is 14.6. The molecule has 1 fully saturated rings. The van der Waals surface area contributed by atoms with Crippen LogP contribution in [-0.2, 0) is 11.3 Å². The maximum absolute atomic E-state index is 11.8. The summed E-state index contributed by atoms with van der Waals surface area (Å²) in [6, 6.07) is 15.7. The number of hydrogen-bond acceptors (Lipinski definition) is 3. The molecule has 1 N–H and O–H groups in total. The average molecular weight is 369 g/mol. The Hall–Kier alpha value is -2.50. The van der Waals surface area contributed by atoms with Crippen molar-refractivity contribution in [3.63, 3.8) is 0 Å². The third-order valence-corrected chi connectivity index (χ3v) is 5.08. The lowest BCUT2D eigenvalue weighted by Gasteiger charge is -2.05. The molecular weight excluding hydrogens is 356 g/mol. The minimum atomic E-state index is -0.343. The van der Waals surface area contributed by atoms with E-state index in [1.807, 2.05) is 54.7 Å². The Morgan fingerprint density at radius 2 is 1.84 bits per heavy atom. The molecule has 0 aliphatic carbocycles. The summed E-state index contributed by atoms with van der Waals surface area (Å²) in [4.78, 5) is 23.6. The first-order valence-electron chi connectivity index (χ1n) is 7.67. The molecule has 1 aliphatic rings. The number of nitrogens with zero attached hydrogens (tertiary/aromatic N) is 1. The minimum Gasteiger partial charge on any atom is -0.342 e. The third kappa shape index (κ3) is 3.21. The smallest absolute Gasteiger partial charge is 0.290 e. The molecule has 4 nitrogen and oxygen atoms in total. The van der Waals surface area contributed by atoms with Crippen LogP contribution in [0.1, 0.15) is 11.1 Å². The van der Waals surface area contributed by atoms with Gasteiger partial charge in [-0.05, 0) is 41.6 Å². The van der Waals surface area contributed by atoms with Crippen molar-refractivity contribution in [2.24, 2.45) is 0 Å². The molecule has 0 saturated carbocycles. The molecule has 1 aromatic heterocycles. The Balaban J connectivity index is 1.76. The summed E-state index contributed by atoms with van der Waals surface area (Å²) >= 11 is 6.88. The van der Waals surface area contributed by atoms with Gasteiger partial charge in [0, 0.05) is 34.2 Å². The van der Waals surface area contributed by atoms with Gasteiger partial charge in [-0.2, -0.15) is 0 Å². The molecule has 0 atom stereocenters. The number of nitrogens with one attached hydrogen (secondary N) is 1. The lowest BCUT2D eigenvalue weighted by Crippen LogP contribution is -2.17. The zero-order valence-electron chi connectivity index (χ0n) is 13.0. The maximum Gasteiger partial charge on any atom is 0.290 e. The summed E-state index contributed by atoms with van der Waals surface area (Å²) < 4.78 is 2.13. The zero-order chi connectivity index (χ0) is 17.4. The van der Waals surface area contributed by atoms with Crippen molar-refractivity contribution in [3.8, 4) is 0 Å². The Morgan fingerprint density at radius 3 is 2.56 bits per heavy atom. The first-order valence-corrected chi connectivity index (χ1v) is 8.87. The molecule has 3 aromatic rings. The monoisotopic (exact) mass is 368 g/mol. The predicted octanol–water partition coefficient (Wildman–Crippen LogP) is 4.67. The number of rotatable bonds is 3. The van der Waals surface area contributed by atoms with Gasteiger partial charge >= 0.3 is 0 Å². The number of aromatic nitrogens is 1. The summed E-state index contributed by atoms with van der Waals surface area (Å²) in [5.41, 5.74) is 3.11. The Bertz CT molecular complexity index is 1020. The van der Waals surface area contributed by atoms with E-state index in [2.05, 4.69) is 9.88 Å². The van der Waals surface area contributed by atoms with Crippen molar-refractivity contribution < 1.29 is 9.59 Å².